The number of carbonyl (C=O) groups is 1. The quantitative estimate of drug-likeness (QED) is 0.200. The van der Waals surface area contributed by atoms with Crippen LogP contribution in [0.15, 0.2) is 0 Å². The molecule has 0 aromatic heterocycles. The summed E-state index contributed by atoms with van der Waals surface area (Å²) in [4.78, 5) is 12.4. The van der Waals surface area contributed by atoms with Crippen LogP contribution in [-0.4, -0.2) is 15.6 Å². The van der Waals surface area contributed by atoms with Crippen molar-refractivity contribution in [1.29, 1.82) is 0 Å². The molecule has 0 aliphatic rings. The molecule has 0 amide bonds. The van der Waals surface area contributed by atoms with Crippen LogP contribution in [0.3, 0.4) is 0 Å². The molecule has 0 unspecified atom stereocenters. The van der Waals surface area contributed by atoms with Gasteiger partial charge in [-0.05, 0) is 0 Å². The van der Waals surface area contributed by atoms with E-state index in [1.54, 1.807) is 0 Å². The molecule has 0 aromatic rings. The maximum absolute atomic E-state index is 9.90. The molecule has 2 N–H and O–H groups in total. The Bertz CT molecular complexity index is 328. The minimum absolute atomic E-state index is 1.03. The number of ether oxygens (including phenoxy) is 1. The molecule has 0 aromatic carbocycles. The summed E-state index contributed by atoms with van der Waals surface area (Å²) < 4.78 is 3.99. The van der Waals surface area contributed by atoms with Gasteiger partial charge in [-0.15, -0.1) is 0 Å². The number of aliphatic hydroxyl groups is 1. The van der Waals surface area contributed by atoms with Crippen molar-refractivity contribution in [2.75, 3.05) is 0 Å². The lowest BCUT2D eigenvalue weighted by Gasteiger charge is -1.76. The Balaban J connectivity index is 3.82. The summed E-state index contributed by atoms with van der Waals surface area (Å²) in [5, 5.41) is 7.80. The van der Waals surface area contributed by atoms with Crippen molar-refractivity contribution >= 4 is 17.0 Å². The highest BCUT2D eigenvalue weighted by atomic mass is 35.5. The van der Waals surface area contributed by atoms with Crippen molar-refractivity contribution in [3.05, 3.63) is 0 Å². The van der Waals surface area contributed by atoms with Gasteiger partial charge in [-0.2, -0.15) is 0 Å². The van der Waals surface area contributed by atoms with Gasteiger partial charge in [-0.25, -0.2) is 4.79 Å². The van der Waals surface area contributed by atoms with Gasteiger partial charge in [0, 0.05) is 29.4 Å². The van der Waals surface area contributed by atoms with E-state index in [4.69, 9.17) is 16.9 Å². The Labute approximate surface area is 73.3 Å². The third-order valence-corrected chi connectivity index (χ3v) is 0.553. The summed E-state index contributed by atoms with van der Waals surface area (Å²) in [6, 6.07) is 0. The Morgan fingerprint density at radius 1 is 1.33 bits per heavy atom. The van der Waals surface area contributed by atoms with Crippen LogP contribution >= 0.6 is 11.6 Å². The second-order valence-corrected chi connectivity index (χ2v) is 1.46. The summed E-state index contributed by atoms with van der Waals surface area (Å²) >= 11 is 4.75. The average Bonchev–Trinajstić information content (AvgIpc) is 2.02. The smallest absolute Gasteiger partial charge is 0.359 e. The summed E-state index contributed by atoms with van der Waals surface area (Å²) in [7, 11) is 0. The fourth-order valence-corrected chi connectivity index (χ4v) is 0.245. The van der Waals surface area contributed by atoms with E-state index in [0.717, 1.165) is 0 Å². The molecule has 12 heavy (non-hydrogen) atoms. The van der Waals surface area contributed by atoms with Gasteiger partial charge in [0.25, 0.3) is 0 Å². The van der Waals surface area contributed by atoms with E-state index in [-0.39, 0.29) is 0 Å². The first-order valence-corrected chi connectivity index (χ1v) is 2.85. The number of carbonyl (C=O) groups excluding carboxylic acids is 1. The lowest BCUT2D eigenvalue weighted by molar-refractivity contribution is -0.305. The van der Waals surface area contributed by atoms with Crippen LogP contribution in [0.4, 0.5) is 4.79 Å². The van der Waals surface area contributed by atoms with Crippen LogP contribution in [0, 0.1) is 35.9 Å². The normalized spacial score (nSPS) is 5.50. The number of hydrogen-bond acceptors (Lipinski definition) is 3. The zero-order valence-corrected chi connectivity index (χ0v) is 6.34. The average molecular weight is 186 g/mol. The van der Waals surface area contributed by atoms with E-state index in [2.05, 4.69) is 33.3 Å². The van der Waals surface area contributed by atoms with Crippen LogP contribution in [0.5, 0.6) is 0 Å². The number of halogens is 1. The van der Waals surface area contributed by atoms with Crippen LogP contribution < -0.4 is 0 Å². The number of hydrogen-bond donors (Lipinski definition) is 1. The van der Waals surface area contributed by atoms with E-state index in [0.29, 0.717) is 0 Å². The molecule has 0 rings (SSSR count). The van der Waals surface area contributed by atoms with Crippen LogP contribution in [0.2, 0.25) is 0 Å². The van der Waals surface area contributed by atoms with Crippen molar-refractivity contribution in [1.82, 2.24) is 0 Å². The first-order chi connectivity index (χ1) is 5.77. The van der Waals surface area contributed by atoms with Crippen molar-refractivity contribution < 1.29 is 19.7 Å². The first kappa shape index (κ1) is 10.2. The Morgan fingerprint density at radius 3 is 2.58 bits per heavy atom. The maximum atomic E-state index is 9.90. The second kappa shape index (κ2) is 7.31. The summed E-state index contributed by atoms with van der Waals surface area (Å²) in [5.74, 6) is 8.60. The van der Waals surface area contributed by atoms with Crippen LogP contribution in [-0.2, 0) is 4.74 Å². The van der Waals surface area contributed by atoms with Gasteiger partial charge < -0.3 is 9.62 Å². The molecule has 0 spiro atoms. The lowest BCUT2D eigenvalue weighted by Crippen LogP contribution is -1.81. The molecule has 0 atom stereocenters. The molecule has 0 heterocycles. The molecule has 0 radical (unpaired) electrons. The minimum atomic E-state index is -1.03. The van der Waals surface area contributed by atoms with E-state index in [9.17, 15) is 4.79 Å². The summed E-state index contributed by atoms with van der Waals surface area (Å²) in [5.41, 5.74) is -1.03. The molecule has 0 saturated heterocycles. The Morgan fingerprint density at radius 2 is 2.00 bits per heavy atom. The highest BCUT2D eigenvalue weighted by Crippen LogP contribution is 1.81. The van der Waals surface area contributed by atoms with Crippen molar-refractivity contribution in [2.45, 2.75) is 0 Å². The van der Waals surface area contributed by atoms with Gasteiger partial charge in [0.2, 0.25) is 0 Å². The van der Waals surface area contributed by atoms with E-state index < -0.39 is 5.43 Å². The Hall–Kier alpha value is -1.80. The molecule has 5 heteroatoms. The predicted molar refractivity (Wildman–Crippen MR) is 40.9 cm³/mol. The highest BCUT2D eigenvalue weighted by molar-refractivity contribution is 6.61. The van der Waals surface area contributed by atoms with Gasteiger partial charge in [0.1, 0.15) is 6.11 Å². The monoisotopic (exact) mass is 185 g/mol. The van der Waals surface area contributed by atoms with Crippen molar-refractivity contribution in [2.24, 2.45) is 0 Å². The molecule has 0 saturated carbocycles. The first-order valence-electron chi connectivity index (χ1n) is 2.47. The lowest BCUT2D eigenvalue weighted by atomic mass is 10.6. The third kappa shape index (κ3) is 8.20. The van der Waals surface area contributed by atoms with Crippen LogP contribution in [0.1, 0.15) is 0 Å². The number of rotatable bonds is 0. The second-order valence-electron chi connectivity index (χ2n) is 1.15. The minimum Gasteiger partial charge on any atom is -0.359 e. The van der Waals surface area contributed by atoms with E-state index >= 15 is 0 Å². The van der Waals surface area contributed by atoms with E-state index in [1.165, 1.54) is 0 Å². The zero-order chi connectivity index (χ0) is 9.23. The van der Waals surface area contributed by atoms with Gasteiger partial charge >= 0.3 is 11.5 Å². The SMILES string of the molecule is O=C(Cl)OC#CC#CC#C[OH+]O. The fourth-order valence-electron chi connectivity index (χ4n) is 0.207. The summed E-state index contributed by atoms with van der Waals surface area (Å²) in [6.45, 7) is 0. The predicted octanol–water partition coefficient (Wildman–Crippen LogP) is 0.854. The summed E-state index contributed by atoms with van der Waals surface area (Å²) in [6.07, 6.45) is 3.80. The molecule has 0 aliphatic heterocycles. The highest BCUT2D eigenvalue weighted by Gasteiger charge is 1.86. The third-order valence-electron chi connectivity index (χ3n) is 0.476. The molecule has 4 nitrogen and oxygen atoms in total. The van der Waals surface area contributed by atoms with Crippen molar-refractivity contribution in [3.63, 3.8) is 0 Å². The van der Waals surface area contributed by atoms with Gasteiger partial charge in [0.15, 0.2) is 0 Å². The van der Waals surface area contributed by atoms with Crippen LogP contribution in [0.25, 0.3) is 0 Å². The zero-order valence-electron chi connectivity index (χ0n) is 5.59. The molecule has 0 aliphatic carbocycles. The van der Waals surface area contributed by atoms with E-state index in [1.807, 2.05) is 12.2 Å². The van der Waals surface area contributed by atoms with Gasteiger partial charge in [-0.1, -0.05) is 5.26 Å². The Kier molecular flexibility index (Phi) is 6.21. The largest absolute Gasteiger partial charge is 0.417 e. The molecular formula is C7H2ClO4+. The standard InChI is InChI=1S/C7HClO4/c8-7(9)11-5-3-1-2-4-6-12-10/h10H/p+1. The molecule has 0 fully saturated rings. The maximum Gasteiger partial charge on any atom is 0.417 e. The fraction of sp³-hybridized carbons (Fsp3) is 0. The molecule has 0 bridgehead atoms. The van der Waals surface area contributed by atoms with Crippen molar-refractivity contribution in [3.8, 4) is 35.9 Å². The topological polar surface area (TPSA) is 59.3 Å². The molecule has 60 valence electrons. The van der Waals surface area contributed by atoms with Gasteiger partial charge in [-0.3, -0.25) is 0 Å². The molecular weight excluding hydrogens is 184 g/mol. The van der Waals surface area contributed by atoms with Gasteiger partial charge in [0.05, 0.1) is 5.92 Å².